The normalized spacial score (nSPS) is 45.7. The third-order valence-corrected chi connectivity index (χ3v) is 25.0. The molecule has 0 aromatic heterocycles. The molecule has 410 valence electrons. The highest BCUT2D eigenvalue weighted by atomic mass is 16.7. The van der Waals surface area contributed by atoms with Gasteiger partial charge in [0, 0.05) is 52.5 Å². The smallest absolute Gasteiger partial charge is 0.335 e. The molecule has 7 saturated carbocycles. The molecule has 9 N–H and O–H groups in total. The molecule has 15 heteroatoms. The molecule has 13 aliphatic rings. The van der Waals surface area contributed by atoms with Gasteiger partial charge in [0.1, 0.15) is 41.2 Å². The van der Waals surface area contributed by atoms with Crippen LogP contribution in [0, 0.1) is 57.2 Å². The van der Waals surface area contributed by atoms with Crippen molar-refractivity contribution in [3.05, 3.63) is 51.6 Å². The van der Waals surface area contributed by atoms with Crippen LogP contribution in [-0.4, -0.2) is 121 Å². The number of carboxylic acid groups (broad SMARTS) is 1. The molecule has 7 spiro atoms. The molecular weight excluding hydrogens is 969 g/mol. The first-order chi connectivity index (χ1) is 36.4. The third-order valence-electron chi connectivity index (χ3n) is 25.0. The van der Waals surface area contributed by atoms with Gasteiger partial charge in [0.15, 0.2) is 5.78 Å². The monoisotopic (exact) mass is 1050 g/mol. The molecule has 5 aliphatic heterocycles. The van der Waals surface area contributed by atoms with Gasteiger partial charge in [-0.3, -0.25) is 15.6 Å². The van der Waals surface area contributed by atoms with Crippen LogP contribution < -0.4 is 15.6 Å². The summed E-state index contributed by atoms with van der Waals surface area (Å²) in [6.45, 7) is 3.86. The van der Waals surface area contributed by atoms with E-state index in [2.05, 4.69) is 16.9 Å². The van der Waals surface area contributed by atoms with E-state index in [9.17, 15) is 45.3 Å². The minimum Gasteiger partial charge on any atom is -0.507 e. The van der Waals surface area contributed by atoms with Gasteiger partial charge in [-0.25, -0.2) is 4.79 Å². The number of ether oxygens (including phenoxy) is 4. The van der Waals surface area contributed by atoms with Crippen LogP contribution in [-0.2, 0) is 14.2 Å². The van der Waals surface area contributed by atoms with Crippen LogP contribution in [0.4, 0.5) is 0 Å². The number of Topliss-reactive ketones (excluding diaryl/α,β-unsaturated/α-hetero) is 1. The number of aliphatic hydroxyl groups is 4. The Morgan fingerprint density at radius 1 is 0.842 bits per heavy atom. The lowest BCUT2D eigenvalue weighted by molar-refractivity contribution is -0.340. The zero-order valence-electron chi connectivity index (χ0n) is 44.3. The largest absolute Gasteiger partial charge is 0.507 e. The van der Waals surface area contributed by atoms with Gasteiger partial charge in [-0.05, 0) is 185 Å². The number of hydrogen-bond donors (Lipinski definition) is 9. The molecule has 4 saturated heterocycles. The number of hydrazine groups is 1. The Balaban J connectivity index is 0.870. The molecule has 76 heavy (non-hydrogen) atoms. The minimum absolute atomic E-state index is 0.0148. The van der Waals surface area contributed by atoms with Gasteiger partial charge in [0.2, 0.25) is 6.29 Å². The minimum atomic E-state index is -1.82. The summed E-state index contributed by atoms with van der Waals surface area (Å²) in [4.78, 5) is 25.6. The molecule has 8 aliphatic carbocycles. The standard InChI is InChI=1S/C61H78N2O13/c1-31-42(32(2)65)46(67)44-36(45(31)66)20-33(52(71)72)21-39(44)74-53-47(68)49(69)61-23-38-43-35(40(76-61)24-55(12-5-6-13-55)50(70)51(61)75-53)8-9-37(43)59(18-19-64)30-73-26-34-22-56-28-58(25-41(56)62-63-60(38,29-56)48(34)59)15-7-14-57(58)17-16-54(27-57)10-3-4-11-54/h9,20-21,34,38,40-41,47-51,53,62-64,66-70H,3-8,10-19,22-30H2,1-2H3,(H,71,72)/t34-,38-,40-,41+,47-,48-,49-,50-,51-,53-,56+,57-,58+,59-,60+,61+/m1/s1. The number of aliphatic hydroxyl groups excluding tert-OH is 4. The lowest BCUT2D eigenvalue weighted by atomic mass is 9.39. The van der Waals surface area contributed by atoms with Crippen LogP contribution in [0.1, 0.15) is 174 Å². The van der Waals surface area contributed by atoms with E-state index in [0.29, 0.717) is 56.1 Å². The quantitative estimate of drug-likeness (QED) is 0.0995. The average molecular weight is 1050 g/mol. The Morgan fingerprint density at radius 3 is 2.38 bits per heavy atom. The average Bonchev–Trinajstić information content (AvgIpc) is 3.53. The molecule has 2 aromatic rings. The van der Waals surface area contributed by atoms with Gasteiger partial charge >= 0.3 is 5.97 Å². The van der Waals surface area contributed by atoms with Crippen molar-refractivity contribution >= 4 is 22.5 Å². The highest BCUT2D eigenvalue weighted by Crippen LogP contribution is 2.80. The number of benzene rings is 2. The second-order valence-electron chi connectivity index (χ2n) is 27.9. The molecule has 0 amide bonds. The van der Waals surface area contributed by atoms with Crippen molar-refractivity contribution in [3.8, 4) is 17.2 Å². The Hall–Kier alpha value is -3.64. The van der Waals surface area contributed by atoms with Gasteiger partial charge < -0.3 is 54.7 Å². The second-order valence-corrected chi connectivity index (χ2v) is 27.9. The van der Waals surface area contributed by atoms with Crippen LogP contribution in [0.15, 0.2) is 34.9 Å². The summed E-state index contributed by atoms with van der Waals surface area (Å²) in [5.41, 5.74) is 9.27. The van der Waals surface area contributed by atoms with E-state index in [1.54, 1.807) is 0 Å². The van der Waals surface area contributed by atoms with Gasteiger partial charge in [-0.2, -0.15) is 0 Å². The number of nitrogens with one attached hydrogen (secondary N) is 2. The summed E-state index contributed by atoms with van der Waals surface area (Å²) in [7, 11) is 0. The topological polar surface area (TPSA) is 237 Å². The van der Waals surface area contributed by atoms with E-state index in [0.717, 1.165) is 37.3 Å². The number of ketones is 1. The van der Waals surface area contributed by atoms with Crippen LogP contribution in [0.25, 0.3) is 10.8 Å². The summed E-state index contributed by atoms with van der Waals surface area (Å²) >= 11 is 0. The number of rotatable bonds is 6. The van der Waals surface area contributed by atoms with E-state index >= 15 is 0 Å². The van der Waals surface area contributed by atoms with Crippen molar-refractivity contribution in [1.82, 2.24) is 10.9 Å². The summed E-state index contributed by atoms with van der Waals surface area (Å²) < 4.78 is 28.2. The number of hydrogen-bond acceptors (Lipinski definition) is 14. The molecule has 0 unspecified atom stereocenters. The fraction of sp³-hybridized carbons (Fsp3) is 0.738. The summed E-state index contributed by atoms with van der Waals surface area (Å²) in [5.74, 6) is -3.18. The summed E-state index contributed by atoms with van der Waals surface area (Å²) in [5, 5.41) is 84.1. The predicted molar refractivity (Wildman–Crippen MR) is 276 cm³/mol. The first kappa shape index (κ1) is 49.4. The fourth-order valence-electron chi connectivity index (χ4n) is 22.4. The van der Waals surface area contributed by atoms with Crippen molar-refractivity contribution < 1.29 is 64.3 Å². The number of fused-ring (bicyclic) bond motifs is 5. The first-order valence-corrected chi connectivity index (χ1v) is 29.4. The van der Waals surface area contributed by atoms with E-state index < -0.39 is 82.0 Å². The maximum Gasteiger partial charge on any atom is 0.335 e. The molecule has 5 heterocycles. The van der Waals surface area contributed by atoms with Gasteiger partial charge in [0.05, 0.1) is 35.3 Å². The Bertz CT molecular complexity index is 2920. The van der Waals surface area contributed by atoms with E-state index in [1.165, 1.54) is 108 Å². The van der Waals surface area contributed by atoms with E-state index in [1.807, 2.05) is 0 Å². The Kier molecular flexibility index (Phi) is 10.6. The van der Waals surface area contributed by atoms with Crippen molar-refractivity contribution in [1.29, 1.82) is 0 Å². The molecule has 11 fully saturated rings. The molecule has 2 aromatic carbocycles. The van der Waals surface area contributed by atoms with Gasteiger partial charge in [-0.1, -0.05) is 38.2 Å². The SMILES string of the molecule is CC(=O)c1c(C)c(O)c2cc(C(=O)O)cc(O[C@@H]3O[C@@H]4[C@@H](O)C5(CCCC5)C[C@H]5O[C@@]4(C[C@@H]4C6=C5CC=C6[C@@]5(CCO)COC[C@H]6C[C@]78C[C@@]4(NN[C@H]7C[C@@]4(CCC[C@]47CCC4(CCCC4)C7)C8)[C@H]65)[C@H](O)[C@H]3O)c2c1O. The van der Waals surface area contributed by atoms with Crippen LogP contribution in [0.2, 0.25) is 0 Å². The number of aromatic carboxylic acids is 1. The first-order valence-electron chi connectivity index (χ1n) is 29.4. The number of carbonyl (C=O) groups excluding carboxylic acids is 1. The third kappa shape index (κ3) is 6.11. The van der Waals surface area contributed by atoms with Crippen molar-refractivity contribution in [2.75, 3.05) is 19.8 Å². The number of carboxylic acids is 1. The second kappa shape index (κ2) is 16.3. The highest BCUT2D eigenvalue weighted by molar-refractivity contribution is 6.11. The van der Waals surface area contributed by atoms with Crippen molar-refractivity contribution in [2.45, 2.75) is 209 Å². The van der Waals surface area contributed by atoms with Crippen molar-refractivity contribution in [3.63, 3.8) is 0 Å². The lowest BCUT2D eigenvalue weighted by Gasteiger charge is -2.72. The van der Waals surface area contributed by atoms with Gasteiger partial charge in [0.25, 0.3) is 0 Å². The van der Waals surface area contributed by atoms with E-state index in [-0.39, 0.29) is 80.9 Å². The highest BCUT2D eigenvalue weighted by Gasteiger charge is 2.79. The number of allylic oxidation sites excluding steroid dienone is 1. The Morgan fingerprint density at radius 2 is 1.62 bits per heavy atom. The van der Waals surface area contributed by atoms with Crippen LogP contribution >= 0.6 is 0 Å². The zero-order valence-corrected chi connectivity index (χ0v) is 44.3. The molecule has 0 radical (unpaired) electrons. The number of aromatic hydroxyl groups is 2. The molecule has 16 atom stereocenters. The molecule has 15 rings (SSSR count). The number of phenols is 2. The predicted octanol–water partition coefficient (Wildman–Crippen LogP) is 7.72. The molecule has 4 bridgehead atoms. The lowest BCUT2D eigenvalue weighted by Crippen LogP contribution is -2.81. The maximum absolute atomic E-state index is 13.4. The fourth-order valence-corrected chi connectivity index (χ4v) is 22.4. The zero-order chi connectivity index (χ0) is 52.3. The summed E-state index contributed by atoms with van der Waals surface area (Å²) in [6.07, 6.45) is 17.0. The van der Waals surface area contributed by atoms with Crippen LogP contribution in [0.3, 0.4) is 0 Å². The summed E-state index contributed by atoms with van der Waals surface area (Å²) in [6, 6.07) is 2.61. The maximum atomic E-state index is 13.4. The van der Waals surface area contributed by atoms with Gasteiger partial charge in [-0.15, -0.1) is 0 Å². The van der Waals surface area contributed by atoms with E-state index in [4.69, 9.17) is 18.9 Å². The molecule has 15 nitrogen and oxygen atoms in total. The van der Waals surface area contributed by atoms with Crippen molar-refractivity contribution in [2.24, 2.45) is 50.2 Å². The Labute approximate surface area is 444 Å². The molecular formula is C61H78N2O13. The van der Waals surface area contributed by atoms with Crippen LogP contribution in [0.5, 0.6) is 17.2 Å². The number of carbonyl (C=O) groups is 2. The number of phenolic OH excluding ortho intramolecular Hbond substituents is 2.